The summed E-state index contributed by atoms with van der Waals surface area (Å²) in [6.45, 7) is 0.650. The van der Waals surface area contributed by atoms with E-state index in [9.17, 15) is 9.59 Å². The van der Waals surface area contributed by atoms with Crippen LogP contribution in [0, 0.1) is 0 Å². The third kappa shape index (κ3) is 3.16. The maximum atomic E-state index is 12.6. The summed E-state index contributed by atoms with van der Waals surface area (Å²) in [6, 6.07) is 5.98. The fourth-order valence-electron chi connectivity index (χ4n) is 3.70. The van der Waals surface area contributed by atoms with Gasteiger partial charge < -0.3 is 10.6 Å². The highest BCUT2D eigenvalue weighted by molar-refractivity contribution is 5.87. The summed E-state index contributed by atoms with van der Waals surface area (Å²) in [5, 5.41) is 0. The largest absolute Gasteiger partial charge is 0.368 e. The molecule has 1 aliphatic heterocycles. The van der Waals surface area contributed by atoms with Gasteiger partial charge in [-0.15, -0.1) is 0 Å². The second-order valence-electron chi connectivity index (χ2n) is 6.49. The van der Waals surface area contributed by atoms with Crippen LogP contribution in [0.4, 0.5) is 0 Å². The van der Waals surface area contributed by atoms with Crippen molar-refractivity contribution in [3.8, 4) is 0 Å². The maximum Gasteiger partial charge on any atom is 0.240 e. The number of likely N-dealkylation sites (tertiary alicyclic amines) is 1. The maximum absolute atomic E-state index is 12.6. The number of nitrogens with two attached hydrogens (primary N) is 1. The van der Waals surface area contributed by atoms with Crippen LogP contribution < -0.4 is 5.73 Å². The molecule has 0 bridgehead atoms. The monoisotopic (exact) mass is 300 g/mol. The van der Waals surface area contributed by atoms with E-state index in [0.29, 0.717) is 19.4 Å². The van der Waals surface area contributed by atoms with Crippen LogP contribution in [0.5, 0.6) is 0 Å². The number of fused-ring (bicyclic) bond motifs is 1. The third-order valence-electron chi connectivity index (χ3n) is 4.92. The van der Waals surface area contributed by atoms with Crippen molar-refractivity contribution in [3.05, 3.63) is 34.9 Å². The highest BCUT2D eigenvalue weighted by Gasteiger charge is 2.30. The van der Waals surface area contributed by atoms with E-state index in [4.69, 9.17) is 5.73 Å². The van der Waals surface area contributed by atoms with Gasteiger partial charge in [-0.3, -0.25) is 9.59 Å². The molecule has 3 rings (SSSR count). The molecule has 22 heavy (non-hydrogen) atoms. The molecule has 1 aromatic rings. The molecule has 1 fully saturated rings. The Hall–Kier alpha value is -1.84. The number of amides is 2. The fourth-order valence-corrected chi connectivity index (χ4v) is 3.70. The number of aryl methyl sites for hydroxylation is 2. The second kappa shape index (κ2) is 6.51. The molecule has 1 aromatic carbocycles. The van der Waals surface area contributed by atoms with Crippen LogP contribution in [-0.4, -0.2) is 29.3 Å². The van der Waals surface area contributed by atoms with Crippen molar-refractivity contribution in [2.24, 2.45) is 5.73 Å². The number of carbonyl (C=O) groups is 2. The average molecular weight is 300 g/mol. The molecule has 1 aliphatic carbocycles. The van der Waals surface area contributed by atoms with Crippen molar-refractivity contribution in [1.82, 2.24) is 4.90 Å². The van der Waals surface area contributed by atoms with E-state index >= 15 is 0 Å². The van der Waals surface area contributed by atoms with Crippen LogP contribution >= 0.6 is 0 Å². The first-order valence-corrected chi connectivity index (χ1v) is 8.34. The Morgan fingerprint density at radius 2 is 1.86 bits per heavy atom. The van der Waals surface area contributed by atoms with Crippen molar-refractivity contribution in [2.75, 3.05) is 6.54 Å². The lowest BCUT2D eigenvalue weighted by Crippen LogP contribution is -2.50. The quantitative estimate of drug-likeness (QED) is 0.927. The van der Waals surface area contributed by atoms with E-state index in [1.807, 2.05) is 0 Å². The molecule has 1 unspecified atom stereocenters. The lowest BCUT2D eigenvalue weighted by molar-refractivity contribution is -0.140. The number of piperidine rings is 1. The lowest BCUT2D eigenvalue weighted by Gasteiger charge is -2.33. The van der Waals surface area contributed by atoms with Crippen LogP contribution in [0.25, 0.3) is 0 Å². The standard InChI is InChI=1S/C18H24N2O2/c19-18(22)16-7-3-4-10-20(16)17(21)12-13-8-9-14-5-1-2-6-15(14)11-13/h8-9,11,16H,1-7,10,12H2,(H2,19,22). The highest BCUT2D eigenvalue weighted by atomic mass is 16.2. The normalized spacial score (nSPS) is 21.3. The summed E-state index contributed by atoms with van der Waals surface area (Å²) in [6.07, 6.45) is 7.77. The molecular weight excluding hydrogens is 276 g/mol. The van der Waals surface area contributed by atoms with Gasteiger partial charge in [-0.2, -0.15) is 0 Å². The van der Waals surface area contributed by atoms with E-state index in [1.54, 1.807) is 4.90 Å². The predicted octanol–water partition coefficient (Wildman–Crippen LogP) is 1.97. The minimum Gasteiger partial charge on any atom is -0.368 e. The molecule has 0 aromatic heterocycles. The molecule has 2 amide bonds. The SMILES string of the molecule is NC(=O)C1CCCCN1C(=O)Cc1ccc2c(c1)CCCC2. The van der Waals surface area contributed by atoms with Crippen LogP contribution in [-0.2, 0) is 28.9 Å². The van der Waals surface area contributed by atoms with Gasteiger partial charge in [0, 0.05) is 6.54 Å². The number of primary amides is 1. The molecule has 0 saturated carbocycles. The zero-order valence-corrected chi connectivity index (χ0v) is 13.0. The Balaban J connectivity index is 1.71. The number of carbonyl (C=O) groups excluding carboxylic acids is 2. The van der Waals surface area contributed by atoms with E-state index in [0.717, 1.165) is 31.2 Å². The minimum atomic E-state index is -0.418. The molecular formula is C18H24N2O2. The van der Waals surface area contributed by atoms with Crippen molar-refractivity contribution < 1.29 is 9.59 Å². The summed E-state index contributed by atoms with van der Waals surface area (Å²) >= 11 is 0. The topological polar surface area (TPSA) is 63.4 Å². The van der Waals surface area contributed by atoms with Gasteiger partial charge >= 0.3 is 0 Å². The minimum absolute atomic E-state index is 0.0271. The number of rotatable bonds is 3. The molecule has 1 saturated heterocycles. The first kappa shape index (κ1) is 15.1. The van der Waals surface area contributed by atoms with E-state index < -0.39 is 6.04 Å². The number of nitrogens with zero attached hydrogens (tertiary/aromatic N) is 1. The number of hydrogen-bond acceptors (Lipinski definition) is 2. The average Bonchev–Trinajstić information content (AvgIpc) is 2.54. The Labute approximate surface area is 131 Å². The predicted molar refractivity (Wildman–Crippen MR) is 85.3 cm³/mol. The van der Waals surface area contributed by atoms with Crippen molar-refractivity contribution in [1.29, 1.82) is 0 Å². The van der Waals surface area contributed by atoms with Gasteiger partial charge in [-0.1, -0.05) is 18.2 Å². The number of hydrogen-bond donors (Lipinski definition) is 1. The fraction of sp³-hybridized carbons (Fsp3) is 0.556. The van der Waals surface area contributed by atoms with E-state index in [2.05, 4.69) is 18.2 Å². The zero-order valence-electron chi connectivity index (χ0n) is 13.0. The first-order valence-electron chi connectivity index (χ1n) is 8.34. The Bertz CT molecular complexity index is 582. The van der Waals surface area contributed by atoms with Gasteiger partial charge in [-0.05, 0) is 61.6 Å². The molecule has 0 radical (unpaired) electrons. The summed E-state index contributed by atoms with van der Waals surface area (Å²) in [7, 11) is 0. The van der Waals surface area contributed by atoms with Crippen LogP contribution in [0.2, 0.25) is 0 Å². The number of benzene rings is 1. The second-order valence-corrected chi connectivity index (χ2v) is 6.49. The molecule has 4 nitrogen and oxygen atoms in total. The Morgan fingerprint density at radius 1 is 1.09 bits per heavy atom. The van der Waals surface area contributed by atoms with E-state index in [-0.39, 0.29) is 11.8 Å². The summed E-state index contributed by atoms with van der Waals surface area (Å²) in [5.74, 6) is -0.349. The Kier molecular flexibility index (Phi) is 4.46. The molecule has 2 aliphatic rings. The molecule has 4 heteroatoms. The van der Waals surface area contributed by atoms with Crippen molar-refractivity contribution in [2.45, 2.75) is 57.4 Å². The Morgan fingerprint density at radius 3 is 2.64 bits per heavy atom. The van der Waals surface area contributed by atoms with Crippen molar-refractivity contribution >= 4 is 11.8 Å². The van der Waals surface area contributed by atoms with Gasteiger partial charge in [0.2, 0.25) is 11.8 Å². The summed E-state index contributed by atoms with van der Waals surface area (Å²) in [5.41, 5.74) is 9.32. The van der Waals surface area contributed by atoms with Gasteiger partial charge in [-0.25, -0.2) is 0 Å². The highest BCUT2D eigenvalue weighted by Crippen LogP contribution is 2.23. The lowest BCUT2D eigenvalue weighted by atomic mass is 9.90. The van der Waals surface area contributed by atoms with Crippen LogP contribution in [0.15, 0.2) is 18.2 Å². The first-order chi connectivity index (χ1) is 10.6. The smallest absolute Gasteiger partial charge is 0.240 e. The van der Waals surface area contributed by atoms with Crippen molar-refractivity contribution in [3.63, 3.8) is 0 Å². The zero-order chi connectivity index (χ0) is 15.5. The van der Waals surface area contributed by atoms with Gasteiger partial charge in [0.25, 0.3) is 0 Å². The summed E-state index contributed by atoms with van der Waals surface area (Å²) < 4.78 is 0. The molecule has 118 valence electrons. The molecule has 1 heterocycles. The van der Waals surface area contributed by atoms with Crippen LogP contribution in [0.3, 0.4) is 0 Å². The third-order valence-corrected chi connectivity index (χ3v) is 4.92. The molecule has 1 atom stereocenters. The van der Waals surface area contributed by atoms with E-state index in [1.165, 1.54) is 24.0 Å². The van der Waals surface area contributed by atoms with Crippen LogP contribution in [0.1, 0.15) is 48.8 Å². The van der Waals surface area contributed by atoms with Gasteiger partial charge in [0.1, 0.15) is 6.04 Å². The molecule has 0 spiro atoms. The van der Waals surface area contributed by atoms with Gasteiger partial charge in [0.05, 0.1) is 6.42 Å². The molecule has 2 N–H and O–H groups in total. The summed E-state index contributed by atoms with van der Waals surface area (Å²) in [4.78, 5) is 25.8. The van der Waals surface area contributed by atoms with Gasteiger partial charge in [0.15, 0.2) is 0 Å².